The van der Waals surface area contributed by atoms with Crippen LogP contribution >= 0.6 is 0 Å². The average Bonchev–Trinajstić information content (AvgIpc) is 3.38. The molecule has 6 nitrogen and oxygen atoms in total. The van der Waals surface area contributed by atoms with Crippen LogP contribution in [-0.4, -0.2) is 41.3 Å². The summed E-state index contributed by atoms with van der Waals surface area (Å²) in [5.41, 5.74) is 4.62. The Morgan fingerprint density at radius 2 is 2.03 bits per heavy atom. The van der Waals surface area contributed by atoms with Gasteiger partial charge in [-0.2, -0.15) is 5.10 Å². The minimum atomic E-state index is -0.317. The Bertz CT molecular complexity index is 1040. The Balaban J connectivity index is 1.57. The first-order chi connectivity index (χ1) is 14.2. The van der Waals surface area contributed by atoms with Crippen molar-refractivity contribution in [1.29, 1.82) is 0 Å². The SMILES string of the molecule is COc1cccc(CN2C(=O)c3cc(-c4cn[nH]c4)ccc3C23CCOCC3)c1. The van der Waals surface area contributed by atoms with E-state index < -0.39 is 0 Å². The number of hydrogen-bond acceptors (Lipinski definition) is 4. The van der Waals surface area contributed by atoms with Gasteiger partial charge in [0, 0.05) is 37.1 Å². The lowest BCUT2D eigenvalue weighted by Crippen LogP contribution is -2.47. The van der Waals surface area contributed by atoms with E-state index in [2.05, 4.69) is 22.3 Å². The summed E-state index contributed by atoms with van der Waals surface area (Å²) in [5.74, 6) is 0.880. The smallest absolute Gasteiger partial charge is 0.255 e. The summed E-state index contributed by atoms with van der Waals surface area (Å²) >= 11 is 0. The van der Waals surface area contributed by atoms with Gasteiger partial charge in [-0.3, -0.25) is 9.89 Å². The van der Waals surface area contributed by atoms with E-state index in [0.717, 1.165) is 46.4 Å². The van der Waals surface area contributed by atoms with Crippen molar-refractivity contribution in [2.45, 2.75) is 24.9 Å². The quantitative estimate of drug-likeness (QED) is 0.738. The molecular weight excluding hydrogens is 366 g/mol. The van der Waals surface area contributed by atoms with E-state index in [1.165, 1.54) is 0 Å². The van der Waals surface area contributed by atoms with E-state index in [4.69, 9.17) is 9.47 Å². The number of H-pyrrole nitrogens is 1. The predicted molar refractivity (Wildman–Crippen MR) is 109 cm³/mol. The summed E-state index contributed by atoms with van der Waals surface area (Å²) in [6, 6.07) is 14.1. The Morgan fingerprint density at radius 3 is 2.79 bits per heavy atom. The first-order valence-electron chi connectivity index (χ1n) is 9.88. The fraction of sp³-hybridized carbons (Fsp3) is 0.304. The van der Waals surface area contributed by atoms with Crippen molar-refractivity contribution in [2.24, 2.45) is 0 Å². The molecule has 0 atom stereocenters. The molecule has 1 fully saturated rings. The third kappa shape index (κ3) is 2.91. The first kappa shape index (κ1) is 17.9. The molecule has 0 aliphatic carbocycles. The van der Waals surface area contributed by atoms with Crippen LogP contribution in [0.3, 0.4) is 0 Å². The summed E-state index contributed by atoms with van der Waals surface area (Å²) < 4.78 is 11.0. The molecule has 5 rings (SSSR count). The highest BCUT2D eigenvalue weighted by Gasteiger charge is 2.50. The maximum atomic E-state index is 13.6. The number of aromatic nitrogens is 2. The van der Waals surface area contributed by atoms with E-state index in [-0.39, 0.29) is 11.4 Å². The Labute approximate surface area is 169 Å². The van der Waals surface area contributed by atoms with E-state index in [9.17, 15) is 4.79 Å². The number of benzene rings is 2. The third-order valence-corrected chi connectivity index (χ3v) is 6.14. The van der Waals surface area contributed by atoms with Crippen LogP contribution in [0.25, 0.3) is 11.1 Å². The molecule has 1 saturated heterocycles. The zero-order valence-electron chi connectivity index (χ0n) is 16.4. The number of nitrogens with one attached hydrogen (secondary N) is 1. The van der Waals surface area contributed by atoms with Crippen LogP contribution in [0.4, 0.5) is 0 Å². The van der Waals surface area contributed by atoms with Crippen LogP contribution in [0.1, 0.15) is 34.3 Å². The van der Waals surface area contributed by atoms with Crippen molar-refractivity contribution in [2.75, 3.05) is 20.3 Å². The normalized spacial score (nSPS) is 17.6. The zero-order chi connectivity index (χ0) is 19.8. The number of amides is 1. The van der Waals surface area contributed by atoms with Crippen molar-refractivity contribution in [3.05, 3.63) is 71.5 Å². The molecule has 2 aliphatic heterocycles. The van der Waals surface area contributed by atoms with Crippen LogP contribution < -0.4 is 4.74 Å². The molecule has 2 aliphatic rings. The molecule has 1 N–H and O–H groups in total. The summed E-state index contributed by atoms with van der Waals surface area (Å²) in [5, 5.41) is 6.88. The largest absolute Gasteiger partial charge is 0.497 e. The monoisotopic (exact) mass is 389 g/mol. The van der Waals surface area contributed by atoms with Crippen LogP contribution in [-0.2, 0) is 16.8 Å². The number of methoxy groups -OCH3 is 1. The summed E-state index contributed by atoms with van der Waals surface area (Å²) in [6.45, 7) is 1.86. The highest BCUT2D eigenvalue weighted by molar-refractivity contribution is 6.01. The maximum absolute atomic E-state index is 13.6. The number of carbonyl (C=O) groups is 1. The molecule has 6 heteroatoms. The number of fused-ring (bicyclic) bond motifs is 2. The molecule has 1 aromatic heterocycles. The van der Waals surface area contributed by atoms with Gasteiger partial charge in [-0.25, -0.2) is 0 Å². The van der Waals surface area contributed by atoms with Crippen LogP contribution in [0.2, 0.25) is 0 Å². The van der Waals surface area contributed by atoms with Gasteiger partial charge in [0.25, 0.3) is 5.91 Å². The number of nitrogens with zero attached hydrogens (tertiary/aromatic N) is 2. The lowest BCUT2D eigenvalue weighted by molar-refractivity contribution is -0.0179. The fourth-order valence-corrected chi connectivity index (χ4v) is 4.63. The number of hydrogen-bond donors (Lipinski definition) is 1. The van der Waals surface area contributed by atoms with Gasteiger partial charge in [-0.15, -0.1) is 0 Å². The molecule has 148 valence electrons. The van der Waals surface area contributed by atoms with Gasteiger partial charge >= 0.3 is 0 Å². The summed E-state index contributed by atoms with van der Waals surface area (Å²) in [6.07, 6.45) is 5.24. The average molecular weight is 389 g/mol. The molecule has 0 bridgehead atoms. The van der Waals surface area contributed by atoms with Gasteiger partial charge in [0.05, 0.1) is 18.8 Å². The molecule has 1 amide bonds. The van der Waals surface area contributed by atoms with Crippen molar-refractivity contribution in [1.82, 2.24) is 15.1 Å². The van der Waals surface area contributed by atoms with Crippen LogP contribution in [0, 0.1) is 0 Å². The number of ether oxygens (including phenoxy) is 2. The molecular formula is C23H23N3O3. The Kier molecular flexibility index (Phi) is 4.36. The number of aromatic amines is 1. The molecule has 29 heavy (non-hydrogen) atoms. The molecule has 3 heterocycles. The molecule has 0 radical (unpaired) electrons. The lowest BCUT2D eigenvalue weighted by Gasteiger charge is -2.42. The zero-order valence-corrected chi connectivity index (χ0v) is 16.4. The van der Waals surface area contributed by atoms with Gasteiger partial charge in [0.1, 0.15) is 5.75 Å². The fourth-order valence-electron chi connectivity index (χ4n) is 4.63. The van der Waals surface area contributed by atoms with Gasteiger partial charge in [-0.05, 0) is 47.7 Å². The van der Waals surface area contributed by atoms with E-state index >= 15 is 0 Å². The highest BCUT2D eigenvalue weighted by atomic mass is 16.5. The van der Waals surface area contributed by atoms with Gasteiger partial charge in [0.2, 0.25) is 0 Å². The van der Waals surface area contributed by atoms with Gasteiger partial charge < -0.3 is 14.4 Å². The highest BCUT2D eigenvalue weighted by Crippen LogP contribution is 2.47. The minimum absolute atomic E-state index is 0.0788. The number of rotatable bonds is 4. The van der Waals surface area contributed by atoms with E-state index in [1.54, 1.807) is 13.3 Å². The molecule has 0 unspecified atom stereocenters. The topological polar surface area (TPSA) is 67.5 Å². The Morgan fingerprint density at radius 1 is 1.17 bits per heavy atom. The lowest BCUT2D eigenvalue weighted by atomic mass is 9.82. The van der Waals surface area contributed by atoms with Crippen molar-refractivity contribution in [3.8, 4) is 16.9 Å². The van der Waals surface area contributed by atoms with Crippen LogP contribution in [0.5, 0.6) is 5.75 Å². The van der Waals surface area contributed by atoms with Crippen LogP contribution in [0.15, 0.2) is 54.9 Å². The summed E-state index contributed by atoms with van der Waals surface area (Å²) in [7, 11) is 1.66. The molecule has 0 saturated carbocycles. The second-order valence-electron chi connectivity index (χ2n) is 7.63. The molecule has 3 aromatic rings. The number of carbonyl (C=O) groups excluding carboxylic acids is 1. The van der Waals surface area contributed by atoms with E-state index in [0.29, 0.717) is 19.8 Å². The molecule has 1 spiro atoms. The standard InChI is InChI=1S/C23H23N3O3/c1-28-19-4-2-3-16(11-19)15-26-22(27)20-12-17(18-13-24-25-14-18)5-6-21(20)23(26)7-9-29-10-8-23/h2-6,11-14H,7-10,15H2,1H3,(H,24,25). The van der Waals surface area contributed by atoms with Gasteiger partial charge in [0.15, 0.2) is 0 Å². The minimum Gasteiger partial charge on any atom is -0.497 e. The van der Waals surface area contributed by atoms with Crippen molar-refractivity contribution < 1.29 is 14.3 Å². The maximum Gasteiger partial charge on any atom is 0.255 e. The summed E-state index contributed by atoms with van der Waals surface area (Å²) in [4.78, 5) is 15.6. The third-order valence-electron chi connectivity index (χ3n) is 6.14. The molecule has 2 aromatic carbocycles. The Hall–Kier alpha value is -3.12. The van der Waals surface area contributed by atoms with Crippen molar-refractivity contribution >= 4 is 5.91 Å². The predicted octanol–water partition coefficient (Wildman–Crippen LogP) is 3.75. The van der Waals surface area contributed by atoms with Gasteiger partial charge in [-0.1, -0.05) is 24.3 Å². The first-order valence-corrected chi connectivity index (χ1v) is 9.88. The van der Waals surface area contributed by atoms with E-state index in [1.807, 2.05) is 41.4 Å². The van der Waals surface area contributed by atoms with Crippen molar-refractivity contribution in [3.63, 3.8) is 0 Å². The second-order valence-corrected chi connectivity index (χ2v) is 7.63. The second kappa shape index (κ2) is 7.04.